The summed E-state index contributed by atoms with van der Waals surface area (Å²) in [6.45, 7) is 8.27. The molecular formula is C19H23BN2O2S. The van der Waals surface area contributed by atoms with Crippen molar-refractivity contribution in [2.24, 2.45) is 5.73 Å². The van der Waals surface area contributed by atoms with Gasteiger partial charge in [-0.3, -0.25) is 0 Å². The highest BCUT2D eigenvalue weighted by Crippen LogP contribution is 2.45. The van der Waals surface area contributed by atoms with Gasteiger partial charge >= 0.3 is 7.12 Å². The number of para-hydroxylation sites is 1. The van der Waals surface area contributed by atoms with Crippen molar-refractivity contribution in [3.8, 4) is 0 Å². The van der Waals surface area contributed by atoms with Crippen LogP contribution in [0, 0.1) is 0 Å². The molecule has 0 aromatic heterocycles. The van der Waals surface area contributed by atoms with Gasteiger partial charge in [-0.2, -0.15) is 0 Å². The molecule has 2 aromatic rings. The van der Waals surface area contributed by atoms with Crippen molar-refractivity contribution in [3.05, 3.63) is 48.5 Å². The number of nitrogens with two attached hydrogens (primary N) is 1. The van der Waals surface area contributed by atoms with Gasteiger partial charge in [0.15, 0.2) is 0 Å². The summed E-state index contributed by atoms with van der Waals surface area (Å²) in [7, 11) is -0.340. The first kappa shape index (κ1) is 17.0. The van der Waals surface area contributed by atoms with Crippen LogP contribution in [0.4, 0.5) is 11.4 Å². The van der Waals surface area contributed by atoms with Crippen LogP contribution in [0.25, 0.3) is 0 Å². The van der Waals surface area contributed by atoms with Gasteiger partial charge < -0.3 is 19.9 Å². The molecule has 1 fully saturated rings. The summed E-state index contributed by atoms with van der Waals surface area (Å²) in [5.74, 6) is 0. The normalized spacial score (nSPS) is 23.8. The van der Waals surface area contributed by atoms with Gasteiger partial charge in [0, 0.05) is 10.6 Å². The highest BCUT2D eigenvalue weighted by molar-refractivity contribution is 8.00. The smallest absolute Gasteiger partial charge is 0.399 e. The van der Waals surface area contributed by atoms with Gasteiger partial charge in [0.1, 0.15) is 5.50 Å². The van der Waals surface area contributed by atoms with Crippen LogP contribution in [0.3, 0.4) is 0 Å². The third-order valence-corrected chi connectivity index (χ3v) is 6.38. The second-order valence-electron chi connectivity index (χ2n) is 7.53. The molecule has 0 aliphatic carbocycles. The van der Waals surface area contributed by atoms with Gasteiger partial charge in [-0.1, -0.05) is 36.0 Å². The molecule has 6 heteroatoms. The molecule has 4 nitrogen and oxygen atoms in total. The quantitative estimate of drug-likeness (QED) is 0.837. The Morgan fingerprint density at radius 2 is 1.56 bits per heavy atom. The minimum Gasteiger partial charge on any atom is -0.399 e. The zero-order valence-electron chi connectivity index (χ0n) is 15.0. The first-order valence-electron chi connectivity index (χ1n) is 8.55. The van der Waals surface area contributed by atoms with Crippen molar-refractivity contribution in [3.63, 3.8) is 0 Å². The van der Waals surface area contributed by atoms with Crippen LogP contribution < -0.4 is 16.1 Å². The Balaban J connectivity index is 1.60. The molecule has 130 valence electrons. The van der Waals surface area contributed by atoms with E-state index in [-0.39, 0.29) is 23.8 Å². The van der Waals surface area contributed by atoms with Crippen molar-refractivity contribution in [2.45, 2.75) is 49.3 Å². The third-order valence-electron chi connectivity index (χ3n) is 5.32. The topological polar surface area (TPSA) is 47.7 Å². The fourth-order valence-corrected chi connectivity index (χ4v) is 4.18. The van der Waals surface area contributed by atoms with Gasteiger partial charge in [-0.25, -0.2) is 0 Å². The first-order chi connectivity index (χ1) is 11.8. The van der Waals surface area contributed by atoms with E-state index in [0.717, 1.165) is 16.8 Å². The zero-order valence-corrected chi connectivity index (χ0v) is 15.8. The van der Waals surface area contributed by atoms with Gasteiger partial charge in [0.2, 0.25) is 0 Å². The van der Waals surface area contributed by atoms with Gasteiger partial charge in [0.05, 0.1) is 16.9 Å². The van der Waals surface area contributed by atoms with Crippen LogP contribution in [0.1, 0.15) is 27.7 Å². The van der Waals surface area contributed by atoms with Crippen molar-refractivity contribution < 1.29 is 9.31 Å². The SMILES string of the molecule is CC1(C)OB(c2ccc(N3c4ccccc4SC3N)cc2)OC1(C)C. The lowest BCUT2D eigenvalue weighted by Crippen LogP contribution is -2.41. The molecule has 2 aliphatic heterocycles. The van der Waals surface area contributed by atoms with Crippen LogP contribution in [0.5, 0.6) is 0 Å². The second-order valence-corrected chi connectivity index (χ2v) is 8.68. The lowest BCUT2D eigenvalue weighted by atomic mass is 9.79. The monoisotopic (exact) mass is 354 g/mol. The van der Waals surface area contributed by atoms with E-state index in [1.807, 2.05) is 12.1 Å². The molecule has 4 rings (SSSR count). The number of nitrogens with zero attached hydrogens (tertiary/aromatic N) is 1. The fraction of sp³-hybridized carbons (Fsp3) is 0.368. The van der Waals surface area contributed by atoms with E-state index in [4.69, 9.17) is 15.0 Å². The molecule has 2 aliphatic rings. The Hall–Kier alpha value is -1.47. The predicted molar refractivity (Wildman–Crippen MR) is 105 cm³/mol. The summed E-state index contributed by atoms with van der Waals surface area (Å²) < 4.78 is 12.3. The molecule has 1 saturated heterocycles. The Morgan fingerprint density at radius 3 is 2.20 bits per heavy atom. The number of fused-ring (bicyclic) bond motifs is 1. The summed E-state index contributed by atoms with van der Waals surface area (Å²) in [5, 5.41) is 0. The molecule has 0 amide bonds. The average molecular weight is 354 g/mol. The minimum atomic E-state index is -0.340. The third kappa shape index (κ3) is 2.77. The molecule has 1 unspecified atom stereocenters. The van der Waals surface area contributed by atoms with Gasteiger partial charge in [-0.05, 0) is 57.4 Å². The second kappa shape index (κ2) is 5.78. The predicted octanol–water partition coefficient (Wildman–Crippen LogP) is 3.47. The lowest BCUT2D eigenvalue weighted by Gasteiger charge is -2.32. The molecule has 2 aromatic carbocycles. The molecule has 0 bridgehead atoms. The number of rotatable bonds is 2. The van der Waals surface area contributed by atoms with Crippen LogP contribution in [-0.4, -0.2) is 23.8 Å². The number of thioether (sulfide) groups is 1. The Morgan fingerprint density at radius 1 is 0.960 bits per heavy atom. The molecule has 2 N–H and O–H groups in total. The molecule has 2 heterocycles. The highest BCUT2D eigenvalue weighted by atomic mass is 32.2. The molecule has 0 saturated carbocycles. The maximum Gasteiger partial charge on any atom is 0.494 e. The van der Waals surface area contributed by atoms with Crippen LogP contribution in [-0.2, 0) is 9.31 Å². The Labute approximate surface area is 153 Å². The molecule has 0 spiro atoms. The lowest BCUT2D eigenvalue weighted by molar-refractivity contribution is 0.00578. The summed E-state index contributed by atoms with van der Waals surface area (Å²) >= 11 is 1.68. The van der Waals surface area contributed by atoms with E-state index in [0.29, 0.717) is 0 Å². The van der Waals surface area contributed by atoms with Crippen molar-refractivity contribution in [2.75, 3.05) is 4.90 Å². The number of benzene rings is 2. The van der Waals surface area contributed by atoms with E-state index < -0.39 is 0 Å². The number of hydrogen-bond acceptors (Lipinski definition) is 5. The van der Waals surface area contributed by atoms with E-state index in [2.05, 4.69) is 69.0 Å². The Bertz CT molecular complexity index is 778. The first-order valence-corrected chi connectivity index (χ1v) is 9.43. The van der Waals surface area contributed by atoms with Gasteiger partial charge in [0.25, 0.3) is 0 Å². The summed E-state index contributed by atoms with van der Waals surface area (Å²) in [6, 6.07) is 16.6. The maximum absolute atomic E-state index is 6.33. The average Bonchev–Trinajstić information content (AvgIpc) is 3.00. The van der Waals surface area contributed by atoms with Crippen LogP contribution in [0.2, 0.25) is 0 Å². The van der Waals surface area contributed by atoms with E-state index in [9.17, 15) is 0 Å². The van der Waals surface area contributed by atoms with Crippen LogP contribution in [0.15, 0.2) is 53.4 Å². The summed E-state index contributed by atoms with van der Waals surface area (Å²) in [5.41, 5.74) is 8.82. The van der Waals surface area contributed by atoms with Crippen molar-refractivity contribution in [1.82, 2.24) is 0 Å². The summed E-state index contributed by atoms with van der Waals surface area (Å²) in [6.07, 6.45) is 0. The number of anilines is 2. The maximum atomic E-state index is 6.33. The van der Waals surface area contributed by atoms with E-state index in [1.165, 1.54) is 4.90 Å². The number of hydrogen-bond donors (Lipinski definition) is 1. The zero-order chi connectivity index (χ0) is 17.8. The van der Waals surface area contributed by atoms with E-state index >= 15 is 0 Å². The standard InChI is InChI=1S/C19H23BN2O2S/c1-18(2)19(3,4)24-20(23-18)13-9-11-14(12-10-13)22-15-7-5-6-8-16(15)25-17(22)21/h5-12,17H,21H2,1-4H3. The molecular weight excluding hydrogens is 331 g/mol. The Kier molecular flexibility index (Phi) is 3.92. The van der Waals surface area contributed by atoms with Crippen molar-refractivity contribution >= 4 is 35.7 Å². The van der Waals surface area contributed by atoms with Crippen molar-refractivity contribution in [1.29, 1.82) is 0 Å². The van der Waals surface area contributed by atoms with E-state index in [1.54, 1.807) is 11.8 Å². The largest absolute Gasteiger partial charge is 0.494 e. The minimum absolute atomic E-state index is 0.111. The highest BCUT2D eigenvalue weighted by Gasteiger charge is 2.51. The molecule has 25 heavy (non-hydrogen) atoms. The fourth-order valence-electron chi connectivity index (χ4n) is 3.13. The van der Waals surface area contributed by atoms with Gasteiger partial charge in [-0.15, -0.1) is 0 Å². The molecule has 1 atom stereocenters. The summed E-state index contributed by atoms with van der Waals surface area (Å²) in [4.78, 5) is 3.37. The van der Waals surface area contributed by atoms with Crippen LogP contribution >= 0.6 is 11.8 Å². The molecule has 0 radical (unpaired) electrons.